The molecule has 1 aliphatic heterocycles. The number of nitrogens with zero attached hydrogens (tertiary/aromatic N) is 1. The number of hydrogen-bond donors (Lipinski definition) is 1. The van der Waals surface area contributed by atoms with E-state index in [0.717, 1.165) is 32.4 Å². The molecule has 2 fully saturated rings. The zero-order valence-electron chi connectivity index (χ0n) is 13.0. The van der Waals surface area contributed by atoms with E-state index in [0.29, 0.717) is 6.42 Å². The lowest BCUT2D eigenvalue weighted by Crippen LogP contribution is -2.33. The Morgan fingerprint density at radius 3 is 2.64 bits per heavy atom. The van der Waals surface area contributed by atoms with Crippen LogP contribution in [0.25, 0.3) is 0 Å². The number of amides is 1. The third-order valence-corrected chi connectivity index (χ3v) is 5.15. The Morgan fingerprint density at radius 1 is 1.27 bits per heavy atom. The molecule has 0 bridgehead atoms. The first-order valence-corrected chi connectivity index (χ1v) is 8.04. The molecule has 0 radical (unpaired) electrons. The molecule has 22 heavy (non-hydrogen) atoms. The summed E-state index contributed by atoms with van der Waals surface area (Å²) in [6.07, 6.45) is 3.62. The van der Waals surface area contributed by atoms with Crippen LogP contribution in [0.2, 0.25) is 0 Å². The maximum atomic E-state index is 12.3. The fourth-order valence-electron chi connectivity index (χ4n) is 3.48. The van der Waals surface area contributed by atoms with E-state index in [1.807, 2.05) is 11.0 Å². The number of rotatable bonds is 5. The van der Waals surface area contributed by atoms with Crippen LogP contribution in [0.4, 0.5) is 0 Å². The van der Waals surface area contributed by atoms with Crippen LogP contribution in [-0.2, 0) is 16.0 Å². The number of aliphatic carboxylic acids is 1. The average Bonchev–Trinajstić information content (AvgIpc) is 3.23. The Labute approximate surface area is 131 Å². The number of carboxylic acids is 1. The molecule has 3 rings (SSSR count). The van der Waals surface area contributed by atoms with Crippen molar-refractivity contribution in [1.29, 1.82) is 0 Å². The van der Waals surface area contributed by atoms with Gasteiger partial charge in [0.2, 0.25) is 5.91 Å². The summed E-state index contributed by atoms with van der Waals surface area (Å²) in [5.74, 6) is -1.49. The molecular formula is C18H23NO3. The first-order chi connectivity index (χ1) is 10.5. The minimum atomic E-state index is -0.829. The average molecular weight is 301 g/mol. The Kier molecular flexibility index (Phi) is 3.94. The molecule has 0 aromatic heterocycles. The van der Waals surface area contributed by atoms with Crippen LogP contribution in [-0.4, -0.2) is 35.0 Å². The van der Waals surface area contributed by atoms with Crippen LogP contribution in [0.3, 0.4) is 0 Å². The lowest BCUT2D eigenvalue weighted by atomic mass is 9.83. The monoisotopic (exact) mass is 301 g/mol. The van der Waals surface area contributed by atoms with E-state index in [1.54, 1.807) is 0 Å². The predicted octanol–water partition coefficient (Wildman–Crippen LogP) is 2.58. The Morgan fingerprint density at radius 2 is 2.00 bits per heavy atom. The van der Waals surface area contributed by atoms with Gasteiger partial charge in [-0.25, -0.2) is 0 Å². The molecule has 118 valence electrons. The van der Waals surface area contributed by atoms with Crippen molar-refractivity contribution >= 4 is 11.9 Å². The van der Waals surface area contributed by atoms with E-state index >= 15 is 0 Å². The van der Waals surface area contributed by atoms with Gasteiger partial charge in [-0.2, -0.15) is 0 Å². The summed E-state index contributed by atoms with van der Waals surface area (Å²) in [6.45, 7) is 3.78. The number of carbonyl (C=O) groups excluding carboxylic acids is 1. The SMILES string of the molecule is CC1(CCc2ccccc2)CCN(C(=O)C2CC2C(=O)O)C1. The molecule has 1 aliphatic carbocycles. The van der Waals surface area contributed by atoms with Gasteiger partial charge >= 0.3 is 5.97 Å². The van der Waals surface area contributed by atoms with Crippen molar-refractivity contribution in [3.8, 4) is 0 Å². The fraction of sp³-hybridized carbons (Fsp3) is 0.556. The zero-order valence-corrected chi connectivity index (χ0v) is 13.0. The van der Waals surface area contributed by atoms with E-state index in [4.69, 9.17) is 5.11 Å². The maximum absolute atomic E-state index is 12.3. The molecule has 4 nitrogen and oxygen atoms in total. The van der Waals surface area contributed by atoms with Crippen molar-refractivity contribution in [3.63, 3.8) is 0 Å². The second kappa shape index (κ2) is 5.75. The van der Waals surface area contributed by atoms with E-state index in [1.165, 1.54) is 5.56 Å². The fourth-order valence-corrected chi connectivity index (χ4v) is 3.48. The molecule has 0 spiro atoms. The zero-order chi connectivity index (χ0) is 15.7. The lowest BCUT2D eigenvalue weighted by Gasteiger charge is -2.24. The van der Waals surface area contributed by atoms with Gasteiger partial charge in [-0.15, -0.1) is 0 Å². The van der Waals surface area contributed by atoms with Gasteiger partial charge in [-0.3, -0.25) is 9.59 Å². The Balaban J connectivity index is 1.53. The molecule has 1 heterocycles. The highest BCUT2D eigenvalue weighted by Crippen LogP contribution is 2.43. The molecule has 3 unspecified atom stereocenters. The van der Waals surface area contributed by atoms with Crippen LogP contribution in [0.1, 0.15) is 31.7 Å². The summed E-state index contributed by atoms with van der Waals surface area (Å²) in [5, 5.41) is 8.96. The predicted molar refractivity (Wildman–Crippen MR) is 83.3 cm³/mol. The van der Waals surface area contributed by atoms with Crippen molar-refractivity contribution in [2.75, 3.05) is 13.1 Å². The van der Waals surface area contributed by atoms with Crippen molar-refractivity contribution in [2.24, 2.45) is 17.3 Å². The highest BCUT2D eigenvalue weighted by Gasteiger charge is 2.51. The van der Waals surface area contributed by atoms with Crippen molar-refractivity contribution in [1.82, 2.24) is 4.90 Å². The standard InChI is InChI=1S/C18H23NO3/c1-18(8-7-13-5-3-2-4-6-13)9-10-19(12-18)16(20)14-11-15(14)17(21)22/h2-6,14-15H,7-12H2,1H3,(H,21,22). The van der Waals surface area contributed by atoms with Crippen molar-refractivity contribution in [2.45, 2.75) is 32.6 Å². The number of likely N-dealkylation sites (tertiary alicyclic amines) is 1. The second-order valence-corrected chi connectivity index (χ2v) is 7.09. The summed E-state index contributed by atoms with van der Waals surface area (Å²) in [6, 6.07) is 10.4. The number of carbonyl (C=O) groups is 2. The smallest absolute Gasteiger partial charge is 0.307 e. The summed E-state index contributed by atoms with van der Waals surface area (Å²) in [4.78, 5) is 25.1. The Hall–Kier alpha value is -1.84. The van der Waals surface area contributed by atoms with Crippen LogP contribution >= 0.6 is 0 Å². The molecule has 1 aromatic rings. The summed E-state index contributed by atoms with van der Waals surface area (Å²) < 4.78 is 0. The van der Waals surface area contributed by atoms with Gasteiger partial charge in [-0.1, -0.05) is 37.3 Å². The molecule has 2 aliphatic rings. The largest absolute Gasteiger partial charge is 0.481 e. The van der Waals surface area contributed by atoms with Crippen LogP contribution in [0, 0.1) is 17.3 Å². The van der Waals surface area contributed by atoms with Gasteiger partial charge in [-0.05, 0) is 36.7 Å². The molecule has 4 heteroatoms. The van der Waals surface area contributed by atoms with Crippen LogP contribution in [0.5, 0.6) is 0 Å². The quantitative estimate of drug-likeness (QED) is 0.909. The van der Waals surface area contributed by atoms with Gasteiger partial charge in [0, 0.05) is 13.1 Å². The summed E-state index contributed by atoms with van der Waals surface area (Å²) in [5.41, 5.74) is 1.49. The number of benzene rings is 1. The van der Waals surface area contributed by atoms with Gasteiger partial charge in [0.1, 0.15) is 0 Å². The minimum absolute atomic E-state index is 0.0517. The highest BCUT2D eigenvalue weighted by molar-refractivity contribution is 5.89. The molecule has 1 saturated heterocycles. The molecular weight excluding hydrogens is 278 g/mol. The molecule has 1 N–H and O–H groups in total. The minimum Gasteiger partial charge on any atom is -0.481 e. The molecule has 3 atom stereocenters. The van der Waals surface area contributed by atoms with E-state index in [9.17, 15) is 9.59 Å². The summed E-state index contributed by atoms with van der Waals surface area (Å²) >= 11 is 0. The van der Waals surface area contributed by atoms with Crippen molar-refractivity contribution in [3.05, 3.63) is 35.9 Å². The third-order valence-electron chi connectivity index (χ3n) is 5.15. The van der Waals surface area contributed by atoms with E-state index in [2.05, 4.69) is 31.2 Å². The van der Waals surface area contributed by atoms with E-state index in [-0.39, 0.29) is 17.2 Å². The maximum Gasteiger partial charge on any atom is 0.307 e. The van der Waals surface area contributed by atoms with Crippen molar-refractivity contribution < 1.29 is 14.7 Å². The lowest BCUT2D eigenvalue weighted by molar-refractivity contribution is -0.141. The summed E-state index contributed by atoms with van der Waals surface area (Å²) in [7, 11) is 0. The van der Waals surface area contributed by atoms with Crippen LogP contribution < -0.4 is 0 Å². The van der Waals surface area contributed by atoms with E-state index < -0.39 is 11.9 Å². The topological polar surface area (TPSA) is 57.6 Å². The van der Waals surface area contributed by atoms with Gasteiger partial charge in [0.25, 0.3) is 0 Å². The molecule has 1 amide bonds. The van der Waals surface area contributed by atoms with Crippen LogP contribution in [0.15, 0.2) is 30.3 Å². The molecule has 1 saturated carbocycles. The molecule has 1 aromatic carbocycles. The first kappa shape index (κ1) is 15.1. The number of hydrogen-bond acceptors (Lipinski definition) is 2. The first-order valence-electron chi connectivity index (χ1n) is 8.04. The van der Waals surface area contributed by atoms with Gasteiger partial charge < -0.3 is 10.0 Å². The normalized spacial score (nSPS) is 30.3. The number of aryl methyl sites for hydroxylation is 1. The highest BCUT2D eigenvalue weighted by atomic mass is 16.4. The Bertz CT molecular complexity index is 571. The third kappa shape index (κ3) is 3.16. The second-order valence-electron chi connectivity index (χ2n) is 7.09. The number of carboxylic acid groups (broad SMARTS) is 1. The van der Waals surface area contributed by atoms with Gasteiger partial charge in [0.05, 0.1) is 11.8 Å². The van der Waals surface area contributed by atoms with Gasteiger partial charge in [0.15, 0.2) is 0 Å².